The van der Waals surface area contributed by atoms with E-state index in [2.05, 4.69) is 0 Å². The summed E-state index contributed by atoms with van der Waals surface area (Å²) >= 11 is 4.99. The van der Waals surface area contributed by atoms with Crippen molar-refractivity contribution < 1.29 is 9.13 Å². The largest absolute Gasteiger partial charge is 0.489 e. The third kappa shape index (κ3) is 3.29. The number of rotatable bonds is 4. The van der Waals surface area contributed by atoms with Crippen molar-refractivity contribution in [3.8, 4) is 5.75 Å². The highest BCUT2D eigenvalue weighted by Gasteiger charge is 2.06. The van der Waals surface area contributed by atoms with Gasteiger partial charge in [0.1, 0.15) is 23.2 Å². The first-order valence-corrected chi connectivity index (χ1v) is 6.25. The Morgan fingerprint density at radius 3 is 2.68 bits per heavy atom. The smallest absolute Gasteiger partial charge is 0.126 e. The second-order valence-corrected chi connectivity index (χ2v) is 4.66. The van der Waals surface area contributed by atoms with Gasteiger partial charge >= 0.3 is 0 Å². The molecule has 2 N–H and O–H groups in total. The number of nitrogens with two attached hydrogens (primary N) is 1. The van der Waals surface area contributed by atoms with E-state index in [0.717, 1.165) is 11.1 Å². The average molecular weight is 275 g/mol. The van der Waals surface area contributed by atoms with Crippen molar-refractivity contribution in [2.45, 2.75) is 13.5 Å². The van der Waals surface area contributed by atoms with E-state index in [0.29, 0.717) is 22.9 Å². The number of hydrogen-bond acceptors (Lipinski definition) is 2. The van der Waals surface area contributed by atoms with Crippen molar-refractivity contribution in [1.82, 2.24) is 0 Å². The topological polar surface area (TPSA) is 35.2 Å². The van der Waals surface area contributed by atoms with Gasteiger partial charge in [-0.2, -0.15) is 0 Å². The number of aryl methyl sites for hydroxylation is 1. The minimum Gasteiger partial charge on any atom is -0.489 e. The molecule has 0 bridgehead atoms. The van der Waals surface area contributed by atoms with Crippen molar-refractivity contribution in [3.63, 3.8) is 0 Å². The lowest BCUT2D eigenvalue weighted by atomic mass is 10.1. The zero-order valence-electron chi connectivity index (χ0n) is 10.5. The normalized spacial score (nSPS) is 10.2. The molecule has 0 aromatic heterocycles. The van der Waals surface area contributed by atoms with Crippen LogP contribution in [0, 0.1) is 12.7 Å². The minimum absolute atomic E-state index is 0.240. The summed E-state index contributed by atoms with van der Waals surface area (Å²) in [5.74, 6) is 0.382. The molecule has 2 aromatic rings. The van der Waals surface area contributed by atoms with Crippen LogP contribution >= 0.6 is 12.2 Å². The Labute approximate surface area is 117 Å². The van der Waals surface area contributed by atoms with Gasteiger partial charge in [-0.15, -0.1) is 0 Å². The second-order valence-electron chi connectivity index (χ2n) is 4.22. The standard InChI is InChI=1S/C15H14FNOS/c1-10-8-12(6-7-14(10)16)18-9-11-4-2-3-5-13(11)15(17)19/h2-8H,9H2,1H3,(H2,17,19). The van der Waals surface area contributed by atoms with E-state index in [9.17, 15) is 4.39 Å². The first kappa shape index (κ1) is 13.5. The molecule has 2 aromatic carbocycles. The van der Waals surface area contributed by atoms with Crippen LogP contribution in [0.4, 0.5) is 4.39 Å². The molecule has 0 saturated carbocycles. The molecule has 0 fully saturated rings. The molecule has 0 unspecified atom stereocenters. The van der Waals surface area contributed by atoms with Crippen molar-refractivity contribution in [2.75, 3.05) is 0 Å². The average Bonchev–Trinajstić information content (AvgIpc) is 2.40. The molecule has 98 valence electrons. The molecule has 0 aliphatic heterocycles. The van der Waals surface area contributed by atoms with Crippen LogP contribution in [0.5, 0.6) is 5.75 Å². The molecule has 4 heteroatoms. The Hall–Kier alpha value is -1.94. The predicted octanol–water partition coefficient (Wildman–Crippen LogP) is 3.35. The summed E-state index contributed by atoms with van der Waals surface area (Å²) in [6.07, 6.45) is 0. The lowest BCUT2D eigenvalue weighted by Crippen LogP contribution is -2.13. The van der Waals surface area contributed by atoms with Crippen LogP contribution in [-0.2, 0) is 6.61 Å². The maximum absolute atomic E-state index is 13.1. The SMILES string of the molecule is Cc1cc(OCc2ccccc2C(N)=S)ccc1F. The van der Waals surface area contributed by atoms with Crippen molar-refractivity contribution in [3.05, 3.63) is 65.0 Å². The monoisotopic (exact) mass is 275 g/mol. The van der Waals surface area contributed by atoms with Crippen LogP contribution in [0.1, 0.15) is 16.7 Å². The molecule has 0 heterocycles. The van der Waals surface area contributed by atoms with Crippen LogP contribution in [0.25, 0.3) is 0 Å². The second kappa shape index (κ2) is 5.80. The van der Waals surface area contributed by atoms with Crippen LogP contribution in [0.3, 0.4) is 0 Å². The van der Waals surface area contributed by atoms with Crippen molar-refractivity contribution >= 4 is 17.2 Å². The van der Waals surface area contributed by atoms with Gasteiger partial charge in [0.25, 0.3) is 0 Å². The zero-order chi connectivity index (χ0) is 13.8. The number of hydrogen-bond donors (Lipinski definition) is 1. The van der Waals surface area contributed by atoms with Crippen LogP contribution in [0.15, 0.2) is 42.5 Å². The molecule has 0 radical (unpaired) electrons. The Bertz CT molecular complexity index is 613. The number of thiocarbonyl (C=S) groups is 1. The van der Waals surface area contributed by atoms with E-state index < -0.39 is 0 Å². The first-order chi connectivity index (χ1) is 9.08. The molecular weight excluding hydrogens is 261 g/mol. The third-order valence-corrected chi connectivity index (χ3v) is 3.03. The van der Waals surface area contributed by atoms with Gasteiger partial charge in [-0.25, -0.2) is 4.39 Å². The van der Waals surface area contributed by atoms with Crippen LogP contribution in [-0.4, -0.2) is 4.99 Å². The number of benzene rings is 2. The molecule has 0 spiro atoms. The molecule has 19 heavy (non-hydrogen) atoms. The lowest BCUT2D eigenvalue weighted by molar-refractivity contribution is 0.305. The van der Waals surface area contributed by atoms with Gasteiger partial charge in [-0.1, -0.05) is 36.5 Å². The molecular formula is C15H14FNOS. The molecule has 0 atom stereocenters. The third-order valence-electron chi connectivity index (χ3n) is 2.81. The van der Waals surface area contributed by atoms with Gasteiger partial charge in [0.2, 0.25) is 0 Å². The summed E-state index contributed by atoms with van der Waals surface area (Å²) in [5, 5.41) is 0. The summed E-state index contributed by atoms with van der Waals surface area (Å²) in [5.41, 5.74) is 7.93. The molecule has 0 saturated heterocycles. The maximum atomic E-state index is 13.1. The molecule has 0 amide bonds. The van der Waals surface area contributed by atoms with Crippen LogP contribution in [0.2, 0.25) is 0 Å². The summed E-state index contributed by atoms with van der Waals surface area (Å²) in [7, 11) is 0. The molecule has 0 aliphatic rings. The summed E-state index contributed by atoms with van der Waals surface area (Å²) in [4.78, 5) is 0.342. The minimum atomic E-state index is -0.240. The fourth-order valence-electron chi connectivity index (χ4n) is 1.75. The fourth-order valence-corrected chi connectivity index (χ4v) is 1.95. The van der Waals surface area contributed by atoms with Gasteiger partial charge in [0.15, 0.2) is 0 Å². The van der Waals surface area contributed by atoms with Gasteiger partial charge < -0.3 is 10.5 Å². The molecule has 2 rings (SSSR count). The summed E-state index contributed by atoms with van der Waals surface area (Å²) < 4.78 is 18.8. The molecule has 0 aliphatic carbocycles. The van der Waals surface area contributed by atoms with E-state index in [1.165, 1.54) is 6.07 Å². The highest BCUT2D eigenvalue weighted by molar-refractivity contribution is 7.80. The fraction of sp³-hybridized carbons (Fsp3) is 0.133. The van der Waals surface area contributed by atoms with E-state index in [4.69, 9.17) is 22.7 Å². The number of ether oxygens (including phenoxy) is 1. The van der Waals surface area contributed by atoms with Crippen molar-refractivity contribution in [1.29, 1.82) is 0 Å². The predicted molar refractivity (Wildman–Crippen MR) is 77.8 cm³/mol. The highest BCUT2D eigenvalue weighted by atomic mass is 32.1. The van der Waals surface area contributed by atoms with E-state index >= 15 is 0 Å². The van der Waals surface area contributed by atoms with Crippen molar-refractivity contribution in [2.24, 2.45) is 5.73 Å². The first-order valence-electron chi connectivity index (χ1n) is 5.84. The summed E-state index contributed by atoms with van der Waals surface area (Å²) in [6, 6.07) is 12.2. The molecule has 2 nitrogen and oxygen atoms in total. The van der Waals surface area contributed by atoms with Gasteiger partial charge in [0, 0.05) is 5.56 Å². The summed E-state index contributed by atoms with van der Waals surface area (Å²) in [6.45, 7) is 2.05. The number of halogens is 1. The zero-order valence-corrected chi connectivity index (χ0v) is 11.3. The maximum Gasteiger partial charge on any atom is 0.126 e. The highest BCUT2D eigenvalue weighted by Crippen LogP contribution is 2.18. The van der Waals surface area contributed by atoms with E-state index in [-0.39, 0.29) is 5.82 Å². The van der Waals surface area contributed by atoms with Crippen LogP contribution < -0.4 is 10.5 Å². The Morgan fingerprint density at radius 1 is 1.26 bits per heavy atom. The Morgan fingerprint density at radius 2 is 2.00 bits per heavy atom. The van der Waals surface area contributed by atoms with E-state index in [1.807, 2.05) is 24.3 Å². The quantitative estimate of drug-likeness (QED) is 0.869. The van der Waals surface area contributed by atoms with Gasteiger partial charge in [-0.3, -0.25) is 0 Å². The van der Waals surface area contributed by atoms with Gasteiger partial charge in [0.05, 0.1) is 0 Å². The van der Waals surface area contributed by atoms with Gasteiger partial charge in [-0.05, 0) is 36.2 Å². The Balaban J connectivity index is 2.14. The van der Waals surface area contributed by atoms with E-state index in [1.54, 1.807) is 19.1 Å². The Kier molecular flexibility index (Phi) is 4.12. The lowest BCUT2D eigenvalue weighted by Gasteiger charge is -2.10.